The molecule has 1 N–H and O–H groups in total. The van der Waals surface area contributed by atoms with Crippen LogP contribution < -0.4 is 5.32 Å². The second-order valence-corrected chi connectivity index (χ2v) is 4.10. The number of anilines is 1. The van der Waals surface area contributed by atoms with Crippen LogP contribution in [-0.4, -0.2) is 28.8 Å². The smallest absolute Gasteiger partial charge is 0.207 e. The quantitative estimate of drug-likeness (QED) is 0.850. The number of benzene rings is 1. The van der Waals surface area contributed by atoms with E-state index in [4.69, 9.17) is 4.74 Å². The van der Waals surface area contributed by atoms with E-state index in [1.54, 1.807) is 6.20 Å². The zero-order valence-electron chi connectivity index (χ0n) is 10.8. The van der Waals surface area contributed by atoms with Gasteiger partial charge in [-0.1, -0.05) is 18.2 Å². The molecule has 0 fully saturated rings. The molecule has 0 saturated carbocycles. The minimum absolute atomic E-state index is 0.177. The van der Waals surface area contributed by atoms with Gasteiger partial charge in [0.05, 0.1) is 6.10 Å². The summed E-state index contributed by atoms with van der Waals surface area (Å²) < 4.78 is 7.51. The Kier molecular flexibility index (Phi) is 4.36. The van der Waals surface area contributed by atoms with E-state index in [2.05, 4.69) is 22.4 Å². The Morgan fingerprint density at radius 2 is 2.11 bits per heavy atom. The standard InChI is InChI=1S/C14H19N3O/c1-3-18-12(2)11-16-14-15-9-10-17(14)13-7-5-4-6-8-13/h4-10,12H,3,11H2,1-2H3,(H,15,16). The largest absolute Gasteiger partial charge is 0.377 e. The molecule has 1 aromatic carbocycles. The molecule has 96 valence electrons. The van der Waals surface area contributed by atoms with Crippen LogP contribution in [0.2, 0.25) is 0 Å². The summed E-state index contributed by atoms with van der Waals surface area (Å²) in [5.41, 5.74) is 1.10. The van der Waals surface area contributed by atoms with Gasteiger partial charge in [0, 0.05) is 31.2 Å². The number of rotatable bonds is 6. The maximum Gasteiger partial charge on any atom is 0.207 e. The number of hydrogen-bond donors (Lipinski definition) is 1. The van der Waals surface area contributed by atoms with Crippen LogP contribution in [0.1, 0.15) is 13.8 Å². The zero-order chi connectivity index (χ0) is 12.8. The van der Waals surface area contributed by atoms with E-state index in [0.29, 0.717) is 0 Å². The summed E-state index contributed by atoms with van der Waals surface area (Å²) in [4.78, 5) is 4.32. The molecule has 0 amide bonds. The predicted octanol–water partition coefficient (Wildman–Crippen LogP) is 2.71. The molecule has 1 heterocycles. The Hall–Kier alpha value is -1.81. The van der Waals surface area contributed by atoms with E-state index in [1.807, 2.05) is 42.8 Å². The van der Waals surface area contributed by atoms with Gasteiger partial charge in [-0.25, -0.2) is 4.98 Å². The SMILES string of the molecule is CCOC(C)CNc1nccn1-c1ccccc1. The number of nitrogens with zero attached hydrogens (tertiary/aromatic N) is 2. The van der Waals surface area contributed by atoms with Crippen molar-refractivity contribution >= 4 is 5.95 Å². The van der Waals surface area contributed by atoms with Gasteiger partial charge in [0.15, 0.2) is 0 Å². The number of imidazole rings is 1. The molecule has 0 spiro atoms. The van der Waals surface area contributed by atoms with E-state index < -0.39 is 0 Å². The third kappa shape index (κ3) is 3.11. The summed E-state index contributed by atoms with van der Waals surface area (Å²) in [6.07, 6.45) is 3.92. The molecule has 4 heteroatoms. The molecular formula is C14H19N3O. The molecule has 1 atom stereocenters. The van der Waals surface area contributed by atoms with Crippen LogP contribution in [-0.2, 0) is 4.74 Å². The Morgan fingerprint density at radius 3 is 2.83 bits per heavy atom. The monoisotopic (exact) mass is 245 g/mol. The first-order chi connectivity index (χ1) is 8.81. The fraction of sp³-hybridized carbons (Fsp3) is 0.357. The highest BCUT2D eigenvalue weighted by Crippen LogP contribution is 2.13. The van der Waals surface area contributed by atoms with Crippen molar-refractivity contribution in [2.45, 2.75) is 20.0 Å². The lowest BCUT2D eigenvalue weighted by Gasteiger charge is -2.14. The molecule has 0 aliphatic carbocycles. The van der Waals surface area contributed by atoms with Gasteiger partial charge in [0.2, 0.25) is 5.95 Å². The van der Waals surface area contributed by atoms with Crippen molar-refractivity contribution in [1.29, 1.82) is 0 Å². The number of aromatic nitrogens is 2. The van der Waals surface area contributed by atoms with Crippen LogP contribution in [0.4, 0.5) is 5.95 Å². The number of nitrogens with one attached hydrogen (secondary N) is 1. The second-order valence-electron chi connectivity index (χ2n) is 4.10. The minimum atomic E-state index is 0.177. The molecule has 0 aliphatic heterocycles. The second kappa shape index (κ2) is 6.21. The summed E-state index contributed by atoms with van der Waals surface area (Å²) in [6.45, 7) is 5.53. The lowest BCUT2D eigenvalue weighted by Crippen LogP contribution is -2.21. The number of hydrogen-bond acceptors (Lipinski definition) is 3. The highest BCUT2D eigenvalue weighted by molar-refractivity contribution is 5.41. The van der Waals surface area contributed by atoms with Crippen LogP contribution >= 0.6 is 0 Å². The third-order valence-electron chi connectivity index (χ3n) is 2.67. The fourth-order valence-electron chi connectivity index (χ4n) is 1.81. The van der Waals surface area contributed by atoms with Gasteiger partial charge in [-0.15, -0.1) is 0 Å². The molecule has 1 unspecified atom stereocenters. The Bertz CT molecular complexity index is 467. The molecule has 2 rings (SSSR count). The minimum Gasteiger partial charge on any atom is -0.377 e. The molecule has 0 saturated heterocycles. The van der Waals surface area contributed by atoms with Gasteiger partial charge in [0.1, 0.15) is 0 Å². The predicted molar refractivity (Wildman–Crippen MR) is 73.1 cm³/mol. The molecule has 4 nitrogen and oxygen atoms in total. The van der Waals surface area contributed by atoms with Gasteiger partial charge >= 0.3 is 0 Å². The van der Waals surface area contributed by atoms with Crippen molar-refractivity contribution in [3.05, 3.63) is 42.7 Å². The first-order valence-corrected chi connectivity index (χ1v) is 6.25. The average molecular weight is 245 g/mol. The van der Waals surface area contributed by atoms with E-state index in [1.165, 1.54) is 0 Å². The van der Waals surface area contributed by atoms with Crippen LogP contribution in [0.5, 0.6) is 0 Å². The summed E-state index contributed by atoms with van der Waals surface area (Å²) in [6, 6.07) is 10.1. The Morgan fingerprint density at radius 1 is 1.33 bits per heavy atom. The molecule has 0 bridgehead atoms. The highest BCUT2D eigenvalue weighted by Gasteiger charge is 2.06. The maximum absolute atomic E-state index is 5.49. The van der Waals surface area contributed by atoms with Gasteiger partial charge in [-0.2, -0.15) is 0 Å². The summed E-state index contributed by atoms with van der Waals surface area (Å²) >= 11 is 0. The van der Waals surface area contributed by atoms with Crippen LogP contribution in [0.25, 0.3) is 5.69 Å². The molecule has 1 aromatic heterocycles. The van der Waals surface area contributed by atoms with E-state index in [9.17, 15) is 0 Å². The van der Waals surface area contributed by atoms with Crippen molar-refractivity contribution in [1.82, 2.24) is 9.55 Å². The third-order valence-corrected chi connectivity index (χ3v) is 2.67. The van der Waals surface area contributed by atoms with Crippen molar-refractivity contribution in [3.8, 4) is 5.69 Å². The Labute approximate surface area is 108 Å². The fourth-order valence-corrected chi connectivity index (χ4v) is 1.81. The Balaban J connectivity index is 2.05. The van der Waals surface area contributed by atoms with Crippen LogP contribution in [0, 0.1) is 0 Å². The first kappa shape index (κ1) is 12.6. The van der Waals surface area contributed by atoms with Crippen molar-refractivity contribution in [2.24, 2.45) is 0 Å². The highest BCUT2D eigenvalue weighted by atomic mass is 16.5. The summed E-state index contributed by atoms with van der Waals surface area (Å²) in [5, 5.41) is 3.30. The molecule has 0 radical (unpaired) electrons. The summed E-state index contributed by atoms with van der Waals surface area (Å²) in [7, 11) is 0. The van der Waals surface area contributed by atoms with E-state index >= 15 is 0 Å². The van der Waals surface area contributed by atoms with Gasteiger partial charge in [-0.3, -0.25) is 4.57 Å². The topological polar surface area (TPSA) is 39.1 Å². The molecule has 0 aliphatic rings. The van der Waals surface area contributed by atoms with Crippen molar-refractivity contribution in [3.63, 3.8) is 0 Å². The van der Waals surface area contributed by atoms with Gasteiger partial charge in [-0.05, 0) is 26.0 Å². The van der Waals surface area contributed by atoms with Crippen LogP contribution in [0.3, 0.4) is 0 Å². The molecular weight excluding hydrogens is 226 g/mol. The molecule has 18 heavy (non-hydrogen) atoms. The van der Waals surface area contributed by atoms with Crippen molar-refractivity contribution in [2.75, 3.05) is 18.5 Å². The maximum atomic E-state index is 5.49. The van der Waals surface area contributed by atoms with Crippen molar-refractivity contribution < 1.29 is 4.74 Å². The van der Waals surface area contributed by atoms with Gasteiger partial charge in [0.25, 0.3) is 0 Å². The molecule has 2 aromatic rings. The lowest BCUT2D eigenvalue weighted by atomic mass is 10.3. The number of ether oxygens (including phenoxy) is 1. The lowest BCUT2D eigenvalue weighted by molar-refractivity contribution is 0.0854. The van der Waals surface area contributed by atoms with E-state index in [0.717, 1.165) is 24.8 Å². The average Bonchev–Trinajstić information content (AvgIpc) is 2.86. The number of para-hydroxylation sites is 1. The van der Waals surface area contributed by atoms with E-state index in [-0.39, 0.29) is 6.10 Å². The van der Waals surface area contributed by atoms with Gasteiger partial charge < -0.3 is 10.1 Å². The summed E-state index contributed by atoms with van der Waals surface area (Å²) in [5.74, 6) is 0.841. The van der Waals surface area contributed by atoms with Crippen LogP contribution in [0.15, 0.2) is 42.7 Å². The first-order valence-electron chi connectivity index (χ1n) is 6.25. The normalized spacial score (nSPS) is 12.3. The zero-order valence-corrected chi connectivity index (χ0v) is 10.8.